The smallest absolute Gasteiger partial charge is 0.241 e. The molecule has 120 valence electrons. The van der Waals surface area contributed by atoms with Crippen molar-refractivity contribution in [2.45, 2.75) is 22.7 Å². The Kier molecular flexibility index (Phi) is 3.78. The number of thioether (sulfide) groups is 1. The molecule has 1 aromatic carbocycles. The average Bonchev–Trinajstić information content (AvgIpc) is 3.26. The van der Waals surface area contributed by atoms with E-state index in [9.17, 15) is 4.79 Å². The van der Waals surface area contributed by atoms with Crippen LogP contribution in [0.5, 0.6) is 0 Å². The van der Waals surface area contributed by atoms with Crippen LogP contribution in [0.1, 0.15) is 12.8 Å². The van der Waals surface area contributed by atoms with E-state index < -0.39 is 4.75 Å². The third-order valence-corrected chi connectivity index (χ3v) is 5.20. The van der Waals surface area contributed by atoms with Crippen molar-refractivity contribution in [2.24, 2.45) is 0 Å². The summed E-state index contributed by atoms with van der Waals surface area (Å²) in [5, 5.41) is 10.7. The van der Waals surface area contributed by atoms with Crippen molar-refractivity contribution in [2.75, 3.05) is 5.32 Å². The quantitative estimate of drug-likeness (QED) is 0.747. The van der Waals surface area contributed by atoms with Crippen LogP contribution in [-0.2, 0) is 4.79 Å². The van der Waals surface area contributed by atoms with Crippen LogP contribution in [-0.4, -0.2) is 30.8 Å². The highest BCUT2D eigenvalue weighted by atomic mass is 32.2. The Bertz CT molecular complexity index is 846. The van der Waals surface area contributed by atoms with Gasteiger partial charge in [0.2, 0.25) is 11.1 Å². The van der Waals surface area contributed by atoms with Crippen LogP contribution in [0.4, 0.5) is 5.69 Å². The van der Waals surface area contributed by atoms with Gasteiger partial charge in [0.05, 0.1) is 0 Å². The van der Waals surface area contributed by atoms with Gasteiger partial charge < -0.3 is 5.32 Å². The molecule has 1 amide bonds. The minimum Gasteiger partial charge on any atom is -0.325 e. The van der Waals surface area contributed by atoms with Gasteiger partial charge in [-0.2, -0.15) is 0 Å². The number of H-pyrrole nitrogens is 1. The summed E-state index contributed by atoms with van der Waals surface area (Å²) < 4.78 is -0.465. The van der Waals surface area contributed by atoms with Crippen molar-refractivity contribution >= 4 is 23.4 Å². The van der Waals surface area contributed by atoms with E-state index >= 15 is 0 Å². The van der Waals surface area contributed by atoms with Crippen LogP contribution in [0.15, 0.2) is 60.0 Å². The first-order chi connectivity index (χ1) is 11.8. The molecule has 1 aliphatic carbocycles. The fraction of sp³-hybridized carbons (Fsp3) is 0.176. The molecule has 0 bridgehead atoms. The predicted molar refractivity (Wildman–Crippen MR) is 92.5 cm³/mol. The van der Waals surface area contributed by atoms with E-state index in [-0.39, 0.29) is 5.91 Å². The van der Waals surface area contributed by atoms with Crippen molar-refractivity contribution in [3.05, 3.63) is 54.9 Å². The molecule has 0 atom stereocenters. The van der Waals surface area contributed by atoms with Crippen LogP contribution >= 0.6 is 11.8 Å². The number of benzene rings is 1. The number of carbonyl (C=O) groups excluding carboxylic acids is 1. The lowest BCUT2D eigenvalue weighted by atomic mass is 10.3. The Morgan fingerprint density at radius 3 is 2.58 bits per heavy atom. The van der Waals surface area contributed by atoms with E-state index in [2.05, 4.69) is 25.5 Å². The molecule has 0 radical (unpaired) electrons. The lowest BCUT2D eigenvalue weighted by Crippen LogP contribution is -2.26. The number of aromatic nitrogens is 4. The second-order valence-electron chi connectivity index (χ2n) is 5.62. The summed E-state index contributed by atoms with van der Waals surface area (Å²) >= 11 is 1.42. The Balaban J connectivity index is 1.47. The molecule has 4 rings (SSSR count). The number of rotatable bonds is 5. The van der Waals surface area contributed by atoms with Crippen LogP contribution in [0.2, 0.25) is 0 Å². The van der Waals surface area contributed by atoms with Gasteiger partial charge in [-0.3, -0.25) is 14.9 Å². The molecule has 1 aliphatic rings. The Morgan fingerprint density at radius 1 is 1.12 bits per heavy atom. The number of pyridine rings is 1. The Labute approximate surface area is 143 Å². The van der Waals surface area contributed by atoms with Crippen LogP contribution in [0, 0.1) is 0 Å². The standard InChI is InChI=1S/C17H15N5OS/c23-15(19-13-4-2-1-3-5-13)17(8-9-17)24-16-20-14(21-22-16)12-6-10-18-11-7-12/h1-7,10-11H,8-9H2,(H,19,23)(H,20,21,22). The zero-order chi connectivity index (χ0) is 16.4. The third kappa shape index (κ3) is 3.03. The van der Waals surface area contributed by atoms with E-state index in [0.29, 0.717) is 11.0 Å². The van der Waals surface area contributed by atoms with Gasteiger partial charge in [-0.15, -0.1) is 5.10 Å². The number of carbonyl (C=O) groups is 1. The Hall–Kier alpha value is -2.67. The number of para-hydroxylation sites is 1. The van der Waals surface area contributed by atoms with Crippen molar-refractivity contribution in [3.8, 4) is 11.4 Å². The van der Waals surface area contributed by atoms with Gasteiger partial charge in [-0.25, -0.2) is 4.98 Å². The number of nitrogens with one attached hydrogen (secondary N) is 2. The molecular formula is C17H15N5OS. The first kappa shape index (κ1) is 14.9. The van der Waals surface area contributed by atoms with Crippen LogP contribution in [0.3, 0.4) is 0 Å². The number of nitrogens with zero attached hydrogens (tertiary/aromatic N) is 3. The molecule has 0 saturated heterocycles. The molecule has 1 fully saturated rings. The Morgan fingerprint density at radius 2 is 1.88 bits per heavy atom. The normalized spacial score (nSPS) is 15.0. The topological polar surface area (TPSA) is 83.6 Å². The fourth-order valence-electron chi connectivity index (χ4n) is 2.36. The summed E-state index contributed by atoms with van der Waals surface area (Å²) in [6, 6.07) is 13.2. The van der Waals surface area contributed by atoms with Gasteiger partial charge in [0.1, 0.15) is 4.75 Å². The third-order valence-electron chi connectivity index (χ3n) is 3.85. The number of aromatic amines is 1. The summed E-state index contributed by atoms with van der Waals surface area (Å²) in [6.45, 7) is 0. The first-order valence-electron chi connectivity index (χ1n) is 7.64. The molecule has 6 nitrogen and oxygen atoms in total. The predicted octanol–water partition coefficient (Wildman–Crippen LogP) is 3.13. The largest absolute Gasteiger partial charge is 0.325 e. The molecule has 3 aromatic rings. The molecule has 2 aromatic heterocycles. The van der Waals surface area contributed by atoms with Gasteiger partial charge in [0, 0.05) is 23.6 Å². The zero-order valence-corrected chi connectivity index (χ0v) is 13.6. The molecular weight excluding hydrogens is 322 g/mol. The summed E-state index contributed by atoms with van der Waals surface area (Å²) in [6.07, 6.45) is 5.08. The lowest BCUT2D eigenvalue weighted by molar-refractivity contribution is -0.116. The second kappa shape index (κ2) is 6.09. The summed E-state index contributed by atoms with van der Waals surface area (Å²) in [4.78, 5) is 21.0. The second-order valence-corrected chi connectivity index (χ2v) is 6.97. The number of anilines is 1. The highest BCUT2D eigenvalue weighted by Gasteiger charge is 2.52. The number of amides is 1. The summed E-state index contributed by atoms with van der Waals surface area (Å²) in [5.74, 6) is 0.688. The van der Waals surface area contributed by atoms with Gasteiger partial charge in [-0.05, 0) is 37.1 Å². The number of hydrogen-bond donors (Lipinski definition) is 2. The minimum atomic E-state index is -0.465. The van der Waals surface area contributed by atoms with E-state index in [1.807, 2.05) is 42.5 Å². The molecule has 0 aliphatic heterocycles. The minimum absolute atomic E-state index is 0.00830. The van der Waals surface area contributed by atoms with E-state index in [1.54, 1.807) is 12.4 Å². The molecule has 2 N–H and O–H groups in total. The molecule has 1 saturated carbocycles. The molecule has 0 unspecified atom stereocenters. The maximum Gasteiger partial charge on any atom is 0.241 e. The monoisotopic (exact) mass is 337 g/mol. The van der Waals surface area contributed by atoms with Crippen LogP contribution < -0.4 is 5.32 Å². The summed E-state index contributed by atoms with van der Waals surface area (Å²) in [5.41, 5.74) is 1.73. The maximum atomic E-state index is 12.6. The van der Waals surface area contributed by atoms with E-state index in [1.165, 1.54) is 11.8 Å². The van der Waals surface area contributed by atoms with Gasteiger partial charge in [0.25, 0.3) is 0 Å². The van der Waals surface area contributed by atoms with Gasteiger partial charge >= 0.3 is 0 Å². The van der Waals surface area contributed by atoms with E-state index in [0.717, 1.165) is 24.1 Å². The lowest BCUT2D eigenvalue weighted by Gasteiger charge is -2.12. The first-order valence-corrected chi connectivity index (χ1v) is 8.45. The van der Waals surface area contributed by atoms with Gasteiger partial charge in [0.15, 0.2) is 5.82 Å². The van der Waals surface area contributed by atoms with Crippen molar-refractivity contribution < 1.29 is 4.79 Å². The van der Waals surface area contributed by atoms with Gasteiger partial charge in [-0.1, -0.05) is 30.0 Å². The zero-order valence-electron chi connectivity index (χ0n) is 12.8. The molecule has 2 heterocycles. The number of hydrogen-bond acceptors (Lipinski definition) is 5. The van der Waals surface area contributed by atoms with Crippen LogP contribution in [0.25, 0.3) is 11.4 Å². The van der Waals surface area contributed by atoms with E-state index in [4.69, 9.17) is 0 Å². The van der Waals surface area contributed by atoms with Crippen molar-refractivity contribution in [1.29, 1.82) is 0 Å². The molecule has 0 spiro atoms. The maximum absolute atomic E-state index is 12.6. The highest BCUT2D eigenvalue weighted by molar-refractivity contribution is 8.01. The summed E-state index contributed by atoms with van der Waals surface area (Å²) in [7, 11) is 0. The highest BCUT2D eigenvalue weighted by Crippen LogP contribution is 2.51. The molecule has 24 heavy (non-hydrogen) atoms. The molecule has 7 heteroatoms. The van der Waals surface area contributed by atoms with Crippen molar-refractivity contribution in [3.63, 3.8) is 0 Å². The SMILES string of the molecule is O=C(Nc1ccccc1)C1(Sc2n[nH]c(-c3ccncc3)n2)CC1. The fourth-order valence-corrected chi connectivity index (χ4v) is 3.39. The van der Waals surface area contributed by atoms with Crippen molar-refractivity contribution in [1.82, 2.24) is 20.2 Å². The average molecular weight is 337 g/mol.